The normalized spacial score (nSPS) is 11.6. The first-order chi connectivity index (χ1) is 12.0. The molecule has 2 rings (SSSR count). The van der Waals surface area contributed by atoms with E-state index in [0.717, 1.165) is 11.3 Å². The van der Waals surface area contributed by atoms with Crippen LogP contribution < -0.4 is 4.74 Å². The first kappa shape index (κ1) is 18.8. The van der Waals surface area contributed by atoms with Gasteiger partial charge in [0.15, 0.2) is 0 Å². The minimum Gasteiger partial charge on any atom is -0.494 e. The second-order valence-corrected chi connectivity index (χ2v) is 6.55. The van der Waals surface area contributed by atoms with Crippen molar-refractivity contribution >= 4 is 17.7 Å². The first-order valence-electron chi connectivity index (χ1n) is 7.90. The summed E-state index contributed by atoms with van der Waals surface area (Å²) in [6.07, 6.45) is 0.308. The third-order valence-electron chi connectivity index (χ3n) is 3.38. The molecule has 8 heteroatoms. The number of benzene rings is 1. The highest BCUT2D eigenvalue weighted by Crippen LogP contribution is 2.27. The van der Waals surface area contributed by atoms with Gasteiger partial charge >= 0.3 is 0 Å². The Hall–Kier alpha value is -2.53. The molecule has 25 heavy (non-hydrogen) atoms. The third-order valence-corrected chi connectivity index (χ3v) is 4.30. The lowest BCUT2D eigenvalue weighted by molar-refractivity contribution is -0.128. The van der Waals surface area contributed by atoms with Crippen LogP contribution in [-0.4, -0.2) is 46.5 Å². The number of aromatic nitrogens is 2. The summed E-state index contributed by atoms with van der Waals surface area (Å²) in [5.41, 5.74) is 0.785. The van der Waals surface area contributed by atoms with Gasteiger partial charge in [-0.1, -0.05) is 11.8 Å². The van der Waals surface area contributed by atoms with Crippen LogP contribution in [-0.2, 0) is 4.79 Å². The number of hydrogen-bond donors (Lipinski definition) is 0. The van der Waals surface area contributed by atoms with Crippen molar-refractivity contribution < 1.29 is 13.9 Å². The monoisotopic (exact) mass is 360 g/mol. The summed E-state index contributed by atoms with van der Waals surface area (Å²) in [5, 5.41) is 16.6. The molecule has 1 aromatic carbocycles. The van der Waals surface area contributed by atoms with Gasteiger partial charge in [0.25, 0.3) is 5.22 Å². The summed E-state index contributed by atoms with van der Waals surface area (Å²) in [5.74, 6) is 1.09. The van der Waals surface area contributed by atoms with E-state index in [0.29, 0.717) is 30.7 Å². The Morgan fingerprint density at radius 1 is 1.40 bits per heavy atom. The van der Waals surface area contributed by atoms with E-state index in [4.69, 9.17) is 14.4 Å². The topological polar surface area (TPSA) is 92.3 Å². The summed E-state index contributed by atoms with van der Waals surface area (Å²) in [4.78, 5) is 13.8. The number of carbonyl (C=O) groups excluding carboxylic acids is 1. The van der Waals surface area contributed by atoms with E-state index in [1.54, 1.807) is 14.0 Å². The predicted octanol–water partition coefficient (Wildman–Crippen LogP) is 2.99. The Balaban J connectivity index is 1.98. The largest absolute Gasteiger partial charge is 0.494 e. The number of ether oxygens (including phenoxy) is 1. The van der Waals surface area contributed by atoms with Crippen molar-refractivity contribution in [1.82, 2.24) is 15.1 Å². The van der Waals surface area contributed by atoms with Crippen LogP contribution in [0.3, 0.4) is 0 Å². The zero-order valence-corrected chi connectivity index (χ0v) is 15.2. The lowest BCUT2D eigenvalue weighted by Crippen LogP contribution is -2.33. The number of rotatable bonds is 8. The quantitative estimate of drug-likeness (QED) is 0.668. The predicted molar refractivity (Wildman–Crippen MR) is 94.1 cm³/mol. The summed E-state index contributed by atoms with van der Waals surface area (Å²) in [7, 11) is 1.68. The van der Waals surface area contributed by atoms with Crippen molar-refractivity contribution in [3.63, 3.8) is 0 Å². The fourth-order valence-corrected chi connectivity index (χ4v) is 2.87. The summed E-state index contributed by atoms with van der Waals surface area (Å²) in [6.45, 7) is 4.71. The van der Waals surface area contributed by atoms with E-state index in [-0.39, 0.29) is 11.2 Å². The molecule has 0 radical (unpaired) electrons. The lowest BCUT2D eigenvalue weighted by atomic mass is 10.2. The smallest absolute Gasteiger partial charge is 0.277 e. The minimum atomic E-state index is -0.377. The van der Waals surface area contributed by atoms with E-state index >= 15 is 0 Å². The molecule has 0 unspecified atom stereocenters. The van der Waals surface area contributed by atoms with E-state index < -0.39 is 0 Å². The highest BCUT2D eigenvalue weighted by molar-refractivity contribution is 8.00. The third kappa shape index (κ3) is 5.22. The molecule has 0 aliphatic carbocycles. The second-order valence-electron chi connectivity index (χ2n) is 5.26. The molecule has 1 amide bonds. The molecule has 1 aromatic heterocycles. The Morgan fingerprint density at radius 2 is 2.12 bits per heavy atom. The van der Waals surface area contributed by atoms with Crippen molar-refractivity contribution in [2.75, 3.05) is 20.2 Å². The van der Waals surface area contributed by atoms with Crippen LogP contribution in [0.1, 0.15) is 20.3 Å². The molecule has 7 nitrogen and oxygen atoms in total. The molecule has 0 saturated heterocycles. The Kier molecular flexibility index (Phi) is 6.83. The van der Waals surface area contributed by atoms with Crippen LogP contribution in [0.25, 0.3) is 11.5 Å². The van der Waals surface area contributed by atoms with Crippen LogP contribution >= 0.6 is 11.8 Å². The molecular formula is C17H20N4O3S. The van der Waals surface area contributed by atoms with Gasteiger partial charge in [0.1, 0.15) is 5.75 Å². The zero-order valence-electron chi connectivity index (χ0n) is 14.4. The van der Waals surface area contributed by atoms with E-state index in [9.17, 15) is 4.79 Å². The molecule has 0 bridgehead atoms. The van der Waals surface area contributed by atoms with Crippen LogP contribution in [0, 0.1) is 11.3 Å². The van der Waals surface area contributed by atoms with Gasteiger partial charge < -0.3 is 14.1 Å². The summed E-state index contributed by atoms with van der Waals surface area (Å²) >= 11 is 1.20. The van der Waals surface area contributed by atoms with E-state index in [1.165, 1.54) is 16.7 Å². The summed E-state index contributed by atoms with van der Waals surface area (Å²) < 4.78 is 11.0. The number of nitrogens with zero attached hydrogens (tertiary/aromatic N) is 4. The molecule has 0 fully saturated rings. The molecule has 0 saturated carbocycles. The van der Waals surface area contributed by atoms with Gasteiger partial charge in [-0.25, -0.2) is 0 Å². The average Bonchev–Trinajstić information content (AvgIpc) is 3.08. The molecule has 0 aliphatic rings. The van der Waals surface area contributed by atoms with Gasteiger partial charge in [-0.2, -0.15) is 5.26 Å². The molecule has 1 heterocycles. The number of carbonyl (C=O) groups is 1. The van der Waals surface area contributed by atoms with Crippen molar-refractivity contribution in [2.24, 2.45) is 0 Å². The van der Waals surface area contributed by atoms with E-state index in [2.05, 4.69) is 10.2 Å². The molecule has 1 atom stereocenters. The maximum Gasteiger partial charge on any atom is 0.277 e. The van der Waals surface area contributed by atoms with Crippen LogP contribution in [0.15, 0.2) is 33.9 Å². The average molecular weight is 360 g/mol. The molecule has 0 N–H and O–H groups in total. The lowest BCUT2D eigenvalue weighted by Gasteiger charge is -2.18. The molecule has 0 aliphatic heterocycles. The maximum atomic E-state index is 12.2. The van der Waals surface area contributed by atoms with Crippen LogP contribution in [0.2, 0.25) is 0 Å². The van der Waals surface area contributed by atoms with Crippen LogP contribution in [0.5, 0.6) is 5.75 Å². The number of thioether (sulfide) groups is 1. The minimum absolute atomic E-state index is 0.0823. The first-order valence-corrected chi connectivity index (χ1v) is 8.78. The van der Waals surface area contributed by atoms with Crippen LogP contribution in [0.4, 0.5) is 0 Å². The van der Waals surface area contributed by atoms with Gasteiger partial charge in [-0.05, 0) is 38.1 Å². The zero-order chi connectivity index (χ0) is 18.2. The standard InChI is InChI=1S/C17H20N4O3S/c1-4-23-14-8-6-13(7-9-14)15-19-20-17(24-15)25-12(2)16(22)21(3)11-5-10-18/h6-9,12H,4-5,11H2,1-3H3/t12-/m1/s1. The molecule has 132 valence electrons. The second kappa shape index (κ2) is 9.08. The highest BCUT2D eigenvalue weighted by atomic mass is 32.2. The van der Waals surface area contributed by atoms with Crippen molar-refractivity contribution in [3.8, 4) is 23.3 Å². The summed E-state index contributed by atoms with van der Waals surface area (Å²) in [6, 6.07) is 9.39. The van der Waals surface area contributed by atoms with Gasteiger partial charge in [-0.15, -0.1) is 10.2 Å². The Morgan fingerprint density at radius 3 is 2.76 bits per heavy atom. The van der Waals surface area contributed by atoms with E-state index in [1.807, 2.05) is 37.3 Å². The molecule has 2 aromatic rings. The Labute approximate surface area is 151 Å². The highest BCUT2D eigenvalue weighted by Gasteiger charge is 2.21. The van der Waals surface area contributed by atoms with Crippen molar-refractivity contribution in [2.45, 2.75) is 30.7 Å². The van der Waals surface area contributed by atoms with Gasteiger partial charge in [0.2, 0.25) is 11.8 Å². The maximum absolute atomic E-state index is 12.2. The van der Waals surface area contributed by atoms with Gasteiger partial charge in [0, 0.05) is 19.2 Å². The molecular weight excluding hydrogens is 340 g/mol. The number of nitriles is 1. The fraction of sp³-hybridized carbons (Fsp3) is 0.412. The molecule has 0 spiro atoms. The fourth-order valence-electron chi connectivity index (χ4n) is 2.07. The number of amides is 1. The Bertz CT molecular complexity index is 739. The SMILES string of the molecule is CCOc1ccc(-c2nnc(S[C@H](C)C(=O)N(C)CCC#N)o2)cc1. The van der Waals surface area contributed by atoms with Gasteiger partial charge in [0.05, 0.1) is 24.3 Å². The van der Waals surface area contributed by atoms with Crippen molar-refractivity contribution in [3.05, 3.63) is 24.3 Å². The van der Waals surface area contributed by atoms with Crippen molar-refractivity contribution in [1.29, 1.82) is 5.26 Å². The number of hydrogen-bond acceptors (Lipinski definition) is 7. The van der Waals surface area contributed by atoms with Gasteiger partial charge in [-0.3, -0.25) is 4.79 Å².